The number of alkyl halides is 3. The predicted octanol–water partition coefficient (Wildman–Crippen LogP) is 5.94. The van der Waals surface area contributed by atoms with E-state index in [1.54, 1.807) is 18.3 Å². The van der Waals surface area contributed by atoms with Crippen LogP contribution in [0.3, 0.4) is 0 Å². The fourth-order valence-corrected chi connectivity index (χ4v) is 5.97. The highest BCUT2D eigenvalue weighted by Gasteiger charge is 2.42. The Morgan fingerprint density at radius 3 is 2.48 bits per heavy atom. The lowest BCUT2D eigenvalue weighted by Crippen LogP contribution is -2.46. The second-order valence-electron chi connectivity index (χ2n) is 10.7. The van der Waals surface area contributed by atoms with Crippen LogP contribution in [0, 0.1) is 0 Å². The summed E-state index contributed by atoms with van der Waals surface area (Å²) in [6, 6.07) is 10.4. The van der Waals surface area contributed by atoms with Crippen LogP contribution in [0.15, 0.2) is 47.1 Å². The summed E-state index contributed by atoms with van der Waals surface area (Å²) in [6.45, 7) is 0.204. The standard InChI is InChI=1S/C29H30F3N3O5/c1-37-26(36)12-17-6-11-25(33-15-17)35-19-9-10-20(35)14-21(13-19)38-16-23-27(34-40-28(23)18-7-8-18)22-4-2-3-5-24(22)39-29(30,31)32/h2-6,11,15,18-21H,7-10,12-14,16H2,1H3/t19-,20?,21?/m0/s1. The van der Waals surface area contributed by atoms with Crippen molar-refractivity contribution in [3.8, 4) is 17.0 Å². The molecule has 6 rings (SSSR count). The van der Waals surface area contributed by atoms with Gasteiger partial charge in [0.15, 0.2) is 0 Å². The lowest BCUT2D eigenvalue weighted by atomic mass is 9.99. The largest absolute Gasteiger partial charge is 0.573 e. The van der Waals surface area contributed by atoms with Crippen molar-refractivity contribution in [1.29, 1.82) is 0 Å². The van der Waals surface area contributed by atoms with Gasteiger partial charge in [-0.3, -0.25) is 4.79 Å². The maximum Gasteiger partial charge on any atom is 0.573 e. The van der Waals surface area contributed by atoms with Crippen molar-refractivity contribution < 1.29 is 36.7 Å². The maximum atomic E-state index is 13.1. The molecule has 1 aromatic carbocycles. The smallest absolute Gasteiger partial charge is 0.469 e. The van der Waals surface area contributed by atoms with Gasteiger partial charge in [0.1, 0.15) is 23.0 Å². The number of nitrogens with zero attached hydrogens (tertiary/aromatic N) is 3. The molecule has 1 saturated carbocycles. The lowest BCUT2D eigenvalue weighted by Gasteiger charge is -2.39. The third-order valence-corrected chi connectivity index (χ3v) is 7.94. The molecule has 212 valence electrons. The molecule has 0 radical (unpaired) electrons. The number of aromatic nitrogens is 2. The molecule has 2 aromatic heterocycles. The zero-order chi connectivity index (χ0) is 27.9. The number of piperidine rings is 1. The summed E-state index contributed by atoms with van der Waals surface area (Å²) in [6.07, 6.45) is 2.68. The van der Waals surface area contributed by atoms with Crippen LogP contribution in [0.25, 0.3) is 11.3 Å². The number of esters is 1. The first kappa shape index (κ1) is 26.6. The van der Waals surface area contributed by atoms with Gasteiger partial charge >= 0.3 is 12.3 Å². The van der Waals surface area contributed by atoms with E-state index in [1.165, 1.54) is 19.2 Å². The molecule has 2 unspecified atom stereocenters. The van der Waals surface area contributed by atoms with Crippen LogP contribution < -0.4 is 9.64 Å². The number of anilines is 1. The van der Waals surface area contributed by atoms with Gasteiger partial charge in [-0.15, -0.1) is 13.2 Å². The van der Waals surface area contributed by atoms with Crippen LogP contribution in [0.1, 0.15) is 61.3 Å². The summed E-state index contributed by atoms with van der Waals surface area (Å²) in [5.74, 6) is 1.17. The summed E-state index contributed by atoms with van der Waals surface area (Å²) >= 11 is 0. The summed E-state index contributed by atoms with van der Waals surface area (Å²) in [4.78, 5) is 18.5. The molecule has 0 N–H and O–H groups in total. The SMILES string of the molecule is COC(=O)Cc1ccc(N2C3CC[C@H]2CC(OCc2c(-c4ccccc4OC(F)(F)F)noc2C2CC2)C3)nc1. The predicted molar refractivity (Wildman–Crippen MR) is 138 cm³/mol. The van der Waals surface area contributed by atoms with Crippen molar-refractivity contribution in [2.24, 2.45) is 0 Å². The molecule has 3 atom stereocenters. The second-order valence-corrected chi connectivity index (χ2v) is 10.7. The van der Waals surface area contributed by atoms with Gasteiger partial charge in [-0.1, -0.05) is 23.4 Å². The minimum Gasteiger partial charge on any atom is -0.469 e. The first-order chi connectivity index (χ1) is 19.3. The van der Waals surface area contributed by atoms with Gasteiger partial charge in [0.25, 0.3) is 0 Å². The van der Waals surface area contributed by atoms with Crippen molar-refractivity contribution >= 4 is 11.8 Å². The highest BCUT2D eigenvalue weighted by Crippen LogP contribution is 2.46. The quantitative estimate of drug-likeness (QED) is 0.299. The highest BCUT2D eigenvalue weighted by atomic mass is 19.4. The molecule has 1 aliphatic carbocycles. The lowest BCUT2D eigenvalue weighted by molar-refractivity contribution is -0.274. The molecule has 40 heavy (non-hydrogen) atoms. The van der Waals surface area contributed by atoms with Gasteiger partial charge in [0, 0.05) is 35.3 Å². The number of fused-ring (bicyclic) bond motifs is 2. The van der Waals surface area contributed by atoms with Gasteiger partial charge in [-0.2, -0.15) is 0 Å². The Balaban J connectivity index is 1.16. The molecule has 11 heteroatoms. The number of halogens is 3. The Morgan fingerprint density at radius 2 is 1.82 bits per heavy atom. The Hall–Kier alpha value is -3.60. The molecule has 0 amide bonds. The van der Waals surface area contributed by atoms with Crippen LogP contribution in [0.2, 0.25) is 0 Å². The van der Waals surface area contributed by atoms with Crippen molar-refractivity contribution in [2.45, 2.75) is 82.0 Å². The van der Waals surface area contributed by atoms with E-state index in [0.29, 0.717) is 17.0 Å². The molecular formula is C29H30F3N3O5. The molecular weight excluding hydrogens is 527 g/mol. The number of rotatable bonds is 9. The zero-order valence-electron chi connectivity index (χ0n) is 22.0. The topological polar surface area (TPSA) is 86.9 Å². The number of methoxy groups -OCH3 is 1. The molecule has 3 fully saturated rings. The monoisotopic (exact) mass is 557 g/mol. The fourth-order valence-electron chi connectivity index (χ4n) is 5.97. The van der Waals surface area contributed by atoms with Crippen LogP contribution in [0.5, 0.6) is 5.75 Å². The number of carbonyl (C=O) groups is 1. The first-order valence-electron chi connectivity index (χ1n) is 13.5. The van der Waals surface area contributed by atoms with E-state index in [4.69, 9.17) is 14.0 Å². The number of hydrogen-bond acceptors (Lipinski definition) is 8. The number of hydrogen-bond donors (Lipinski definition) is 0. The average molecular weight is 558 g/mol. The van der Waals surface area contributed by atoms with Crippen molar-refractivity contribution in [3.63, 3.8) is 0 Å². The van der Waals surface area contributed by atoms with Gasteiger partial charge < -0.3 is 23.6 Å². The zero-order valence-corrected chi connectivity index (χ0v) is 22.0. The van der Waals surface area contributed by atoms with Gasteiger partial charge in [-0.05, 0) is 62.3 Å². The molecule has 2 saturated heterocycles. The third-order valence-electron chi connectivity index (χ3n) is 7.94. The number of benzene rings is 1. The third kappa shape index (κ3) is 5.65. The number of carbonyl (C=O) groups excluding carboxylic acids is 1. The molecule has 0 spiro atoms. The minimum atomic E-state index is -4.82. The van der Waals surface area contributed by atoms with E-state index in [0.717, 1.165) is 49.9 Å². The molecule has 2 bridgehead atoms. The fraction of sp³-hybridized carbons (Fsp3) is 0.483. The van der Waals surface area contributed by atoms with Crippen molar-refractivity contribution in [2.75, 3.05) is 12.0 Å². The Bertz CT molecular complexity index is 1340. The number of ether oxygens (including phenoxy) is 3. The summed E-state index contributed by atoms with van der Waals surface area (Å²) in [7, 11) is 1.37. The molecule has 3 aliphatic rings. The van der Waals surface area contributed by atoms with Crippen LogP contribution >= 0.6 is 0 Å². The summed E-state index contributed by atoms with van der Waals surface area (Å²) in [5.41, 5.74) is 2.06. The van der Waals surface area contributed by atoms with E-state index in [-0.39, 0.29) is 54.4 Å². The summed E-state index contributed by atoms with van der Waals surface area (Å²) in [5, 5.41) is 4.18. The van der Waals surface area contributed by atoms with Gasteiger partial charge in [0.05, 0.1) is 26.2 Å². The minimum absolute atomic E-state index is 0.0104. The Morgan fingerprint density at radius 1 is 1.07 bits per heavy atom. The molecule has 8 nitrogen and oxygen atoms in total. The van der Waals surface area contributed by atoms with E-state index in [9.17, 15) is 18.0 Å². The number of pyridine rings is 1. The molecule has 4 heterocycles. The van der Waals surface area contributed by atoms with Crippen molar-refractivity contribution in [1.82, 2.24) is 10.1 Å². The summed E-state index contributed by atoms with van der Waals surface area (Å²) < 4.78 is 60.3. The number of para-hydroxylation sites is 1. The van der Waals surface area contributed by atoms with Crippen LogP contribution in [-0.4, -0.2) is 47.8 Å². The van der Waals surface area contributed by atoms with Crippen LogP contribution in [-0.2, 0) is 27.3 Å². The Labute approximate surface area is 229 Å². The highest BCUT2D eigenvalue weighted by molar-refractivity contribution is 5.72. The van der Waals surface area contributed by atoms with E-state index < -0.39 is 6.36 Å². The normalized spacial score (nSPS) is 22.4. The van der Waals surface area contributed by atoms with E-state index in [1.807, 2.05) is 12.1 Å². The maximum absolute atomic E-state index is 13.1. The molecule has 3 aromatic rings. The van der Waals surface area contributed by atoms with Crippen molar-refractivity contribution in [3.05, 3.63) is 59.5 Å². The Kier molecular flexibility index (Phi) is 7.16. The molecule has 2 aliphatic heterocycles. The van der Waals surface area contributed by atoms with E-state index >= 15 is 0 Å². The average Bonchev–Trinajstić information content (AvgIpc) is 3.63. The van der Waals surface area contributed by atoms with Gasteiger partial charge in [-0.25, -0.2) is 4.98 Å². The van der Waals surface area contributed by atoms with E-state index in [2.05, 4.69) is 19.8 Å². The second kappa shape index (κ2) is 10.8. The van der Waals surface area contributed by atoms with Crippen LogP contribution in [0.4, 0.5) is 19.0 Å². The van der Waals surface area contributed by atoms with Gasteiger partial charge in [0.2, 0.25) is 0 Å². The first-order valence-corrected chi connectivity index (χ1v) is 13.5.